The fourth-order valence-corrected chi connectivity index (χ4v) is 3.06. The van der Waals surface area contributed by atoms with Crippen LogP contribution in [-0.4, -0.2) is 46.2 Å². The second-order valence-corrected chi connectivity index (χ2v) is 6.03. The van der Waals surface area contributed by atoms with Crippen molar-refractivity contribution >= 4 is 28.7 Å². The number of amides is 1. The maximum absolute atomic E-state index is 12.3. The Balaban J connectivity index is 2.14. The molecule has 5 nitrogen and oxygen atoms in total. The van der Waals surface area contributed by atoms with Crippen molar-refractivity contribution in [3.8, 4) is 5.75 Å². The summed E-state index contributed by atoms with van der Waals surface area (Å²) in [4.78, 5) is 21.8. The fraction of sp³-hybridized carbons (Fsp3) is 0.467. The molecular formula is C15H21N3O2S. The highest BCUT2D eigenvalue weighted by Crippen LogP contribution is 2.26. The lowest BCUT2D eigenvalue weighted by molar-refractivity contribution is -0.129. The van der Waals surface area contributed by atoms with Gasteiger partial charge in [-0.3, -0.25) is 4.79 Å². The topological polar surface area (TPSA) is 58.2 Å². The number of ether oxygens (including phenoxy) is 1. The van der Waals surface area contributed by atoms with Gasteiger partial charge in [-0.05, 0) is 32.9 Å². The molecule has 1 heterocycles. The minimum absolute atomic E-state index is 0.142. The quantitative estimate of drug-likeness (QED) is 0.834. The average Bonchev–Trinajstić information content (AvgIpc) is 2.89. The number of carbonyl (C=O) groups is 1. The molecule has 1 N–H and O–H groups in total. The molecule has 1 atom stereocenters. The van der Waals surface area contributed by atoms with E-state index in [-0.39, 0.29) is 11.2 Å². The maximum atomic E-state index is 12.3. The van der Waals surface area contributed by atoms with Crippen LogP contribution >= 0.6 is 11.8 Å². The zero-order valence-corrected chi connectivity index (χ0v) is 13.7. The summed E-state index contributed by atoms with van der Waals surface area (Å²) in [7, 11) is 1.64. The predicted molar refractivity (Wildman–Crippen MR) is 85.9 cm³/mol. The number of H-pyrrole nitrogens is 1. The van der Waals surface area contributed by atoms with E-state index in [2.05, 4.69) is 9.97 Å². The molecule has 21 heavy (non-hydrogen) atoms. The lowest BCUT2D eigenvalue weighted by Crippen LogP contribution is -2.36. The normalized spacial score (nSPS) is 12.4. The highest BCUT2D eigenvalue weighted by atomic mass is 32.2. The van der Waals surface area contributed by atoms with Gasteiger partial charge in [0.1, 0.15) is 5.75 Å². The SMILES string of the molecule is CCN(CC)C(=O)C(C)Sc1nc2ccc(OC)cc2[nH]1. The summed E-state index contributed by atoms with van der Waals surface area (Å²) < 4.78 is 5.20. The van der Waals surface area contributed by atoms with Crippen LogP contribution in [0.4, 0.5) is 0 Å². The Hall–Kier alpha value is -1.69. The molecule has 0 bridgehead atoms. The predicted octanol–water partition coefficient (Wildman–Crippen LogP) is 2.92. The van der Waals surface area contributed by atoms with Crippen LogP contribution in [0.15, 0.2) is 23.4 Å². The van der Waals surface area contributed by atoms with Gasteiger partial charge in [0, 0.05) is 19.2 Å². The Bertz CT molecular complexity index is 622. The number of aromatic nitrogens is 2. The number of carbonyl (C=O) groups excluding carboxylic acids is 1. The smallest absolute Gasteiger partial charge is 0.235 e. The number of aromatic amines is 1. The average molecular weight is 307 g/mol. The van der Waals surface area contributed by atoms with Crippen LogP contribution in [0.1, 0.15) is 20.8 Å². The van der Waals surface area contributed by atoms with Crippen molar-refractivity contribution in [2.45, 2.75) is 31.2 Å². The number of thioether (sulfide) groups is 1. The molecule has 0 fully saturated rings. The fourth-order valence-electron chi connectivity index (χ4n) is 2.16. The molecule has 1 amide bonds. The third kappa shape index (κ3) is 3.50. The van der Waals surface area contributed by atoms with E-state index in [0.717, 1.165) is 35.0 Å². The molecule has 6 heteroatoms. The van der Waals surface area contributed by atoms with Gasteiger partial charge >= 0.3 is 0 Å². The molecule has 0 saturated carbocycles. The molecular weight excluding hydrogens is 286 g/mol. The van der Waals surface area contributed by atoms with E-state index >= 15 is 0 Å². The molecule has 1 aromatic heterocycles. The molecule has 2 rings (SSSR count). The van der Waals surface area contributed by atoms with Gasteiger partial charge in [-0.1, -0.05) is 11.8 Å². The minimum atomic E-state index is -0.160. The van der Waals surface area contributed by atoms with Crippen molar-refractivity contribution in [1.82, 2.24) is 14.9 Å². The number of nitrogens with zero attached hydrogens (tertiary/aromatic N) is 2. The molecule has 0 aliphatic carbocycles. The van der Waals surface area contributed by atoms with E-state index < -0.39 is 0 Å². The van der Waals surface area contributed by atoms with E-state index in [1.807, 2.05) is 43.9 Å². The first-order valence-electron chi connectivity index (χ1n) is 7.08. The lowest BCUT2D eigenvalue weighted by atomic mass is 10.3. The summed E-state index contributed by atoms with van der Waals surface area (Å²) >= 11 is 1.45. The van der Waals surface area contributed by atoms with E-state index in [0.29, 0.717) is 0 Å². The monoisotopic (exact) mass is 307 g/mol. The van der Waals surface area contributed by atoms with Crippen LogP contribution < -0.4 is 4.74 Å². The first kappa shape index (κ1) is 15.7. The number of hydrogen-bond donors (Lipinski definition) is 1. The highest BCUT2D eigenvalue weighted by molar-refractivity contribution is 8.00. The number of fused-ring (bicyclic) bond motifs is 1. The Morgan fingerprint density at radius 3 is 2.76 bits per heavy atom. The van der Waals surface area contributed by atoms with E-state index in [1.165, 1.54) is 11.8 Å². The van der Waals surface area contributed by atoms with E-state index in [1.54, 1.807) is 7.11 Å². The third-order valence-electron chi connectivity index (χ3n) is 3.38. The molecule has 1 aromatic carbocycles. The molecule has 1 unspecified atom stereocenters. The number of hydrogen-bond acceptors (Lipinski definition) is 4. The summed E-state index contributed by atoms with van der Waals surface area (Å²) in [5, 5.41) is 0.596. The zero-order valence-electron chi connectivity index (χ0n) is 12.8. The van der Waals surface area contributed by atoms with Crippen molar-refractivity contribution < 1.29 is 9.53 Å². The van der Waals surface area contributed by atoms with Gasteiger partial charge < -0.3 is 14.6 Å². The standard InChI is InChI=1S/C15H21N3O2S/c1-5-18(6-2)14(19)10(3)21-15-16-12-8-7-11(20-4)9-13(12)17-15/h7-10H,5-6H2,1-4H3,(H,16,17). The van der Waals surface area contributed by atoms with Crippen molar-refractivity contribution in [3.63, 3.8) is 0 Å². The molecule has 0 saturated heterocycles. The molecule has 2 aromatic rings. The second-order valence-electron chi connectivity index (χ2n) is 4.70. The molecule has 114 valence electrons. The number of imidazole rings is 1. The van der Waals surface area contributed by atoms with Gasteiger partial charge in [-0.2, -0.15) is 0 Å². The van der Waals surface area contributed by atoms with Crippen molar-refractivity contribution in [2.75, 3.05) is 20.2 Å². The molecule has 0 radical (unpaired) electrons. The Kier molecular flexibility index (Phi) is 5.12. The van der Waals surface area contributed by atoms with Gasteiger partial charge in [0.2, 0.25) is 5.91 Å². The van der Waals surface area contributed by atoms with E-state index in [4.69, 9.17) is 4.74 Å². The van der Waals surface area contributed by atoms with Crippen molar-refractivity contribution in [2.24, 2.45) is 0 Å². The molecule has 0 aliphatic heterocycles. The number of rotatable bonds is 6. The summed E-state index contributed by atoms with van der Waals surface area (Å²) in [5.41, 5.74) is 1.79. The Labute approximate surface area is 129 Å². The number of methoxy groups -OCH3 is 1. The zero-order chi connectivity index (χ0) is 15.4. The lowest BCUT2D eigenvalue weighted by Gasteiger charge is -2.21. The number of nitrogens with one attached hydrogen (secondary N) is 1. The Morgan fingerprint density at radius 2 is 2.14 bits per heavy atom. The first-order valence-corrected chi connectivity index (χ1v) is 7.96. The van der Waals surface area contributed by atoms with Crippen molar-refractivity contribution in [1.29, 1.82) is 0 Å². The van der Waals surface area contributed by atoms with Crippen LogP contribution in [0.25, 0.3) is 11.0 Å². The van der Waals surface area contributed by atoms with Crippen LogP contribution in [0, 0.1) is 0 Å². The Morgan fingerprint density at radius 1 is 1.43 bits per heavy atom. The molecule has 0 spiro atoms. The van der Waals surface area contributed by atoms with Crippen LogP contribution in [0.2, 0.25) is 0 Å². The largest absolute Gasteiger partial charge is 0.497 e. The van der Waals surface area contributed by atoms with Crippen LogP contribution in [-0.2, 0) is 4.79 Å². The van der Waals surface area contributed by atoms with E-state index in [9.17, 15) is 4.79 Å². The van der Waals surface area contributed by atoms with Gasteiger partial charge in [-0.15, -0.1) is 0 Å². The summed E-state index contributed by atoms with van der Waals surface area (Å²) in [5.74, 6) is 0.929. The van der Waals surface area contributed by atoms with Gasteiger partial charge in [-0.25, -0.2) is 4.98 Å². The van der Waals surface area contributed by atoms with Crippen LogP contribution in [0.5, 0.6) is 5.75 Å². The highest BCUT2D eigenvalue weighted by Gasteiger charge is 2.20. The first-order chi connectivity index (χ1) is 10.1. The molecule has 0 aliphatic rings. The van der Waals surface area contributed by atoms with Crippen molar-refractivity contribution in [3.05, 3.63) is 18.2 Å². The summed E-state index contributed by atoms with van der Waals surface area (Å²) in [6.07, 6.45) is 0. The van der Waals surface area contributed by atoms with Gasteiger partial charge in [0.05, 0.1) is 23.4 Å². The second kappa shape index (κ2) is 6.85. The third-order valence-corrected chi connectivity index (χ3v) is 4.35. The summed E-state index contributed by atoms with van der Waals surface area (Å²) in [6.45, 7) is 7.37. The summed E-state index contributed by atoms with van der Waals surface area (Å²) in [6, 6.07) is 5.69. The van der Waals surface area contributed by atoms with Gasteiger partial charge in [0.25, 0.3) is 0 Å². The van der Waals surface area contributed by atoms with Crippen LogP contribution in [0.3, 0.4) is 0 Å². The minimum Gasteiger partial charge on any atom is -0.497 e. The number of benzene rings is 1. The van der Waals surface area contributed by atoms with Gasteiger partial charge in [0.15, 0.2) is 5.16 Å². The maximum Gasteiger partial charge on any atom is 0.235 e.